The van der Waals surface area contributed by atoms with Crippen LogP contribution in [0.2, 0.25) is 0 Å². The molecule has 1 aromatic carbocycles. The predicted molar refractivity (Wildman–Crippen MR) is 73.4 cm³/mol. The van der Waals surface area contributed by atoms with E-state index in [1.807, 2.05) is 6.20 Å². The van der Waals surface area contributed by atoms with E-state index in [4.69, 9.17) is 0 Å². The van der Waals surface area contributed by atoms with E-state index in [0.717, 1.165) is 5.69 Å². The van der Waals surface area contributed by atoms with Gasteiger partial charge >= 0.3 is 0 Å². The van der Waals surface area contributed by atoms with Crippen LogP contribution in [-0.4, -0.2) is 4.98 Å². The third kappa shape index (κ3) is 2.23. The molecule has 0 radical (unpaired) electrons. The van der Waals surface area contributed by atoms with E-state index in [0.29, 0.717) is 0 Å². The fourth-order valence-corrected chi connectivity index (χ4v) is 2.21. The number of benzene rings is 1. The van der Waals surface area contributed by atoms with E-state index < -0.39 is 0 Å². The standard InChI is InChI=1S/C16H19N/c1-10-6-14(5)16(17-9-10)15-8-12(3)11(2)7-13(15)4/h6-9H,1-5H3. The molecular formula is C16H19N. The van der Waals surface area contributed by atoms with E-state index in [-0.39, 0.29) is 0 Å². The van der Waals surface area contributed by atoms with Gasteiger partial charge in [-0.2, -0.15) is 0 Å². The van der Waals surface area contributed by atoms with Gasteiger partial charge in [-0.05, 0) is 68.5 Å². The van der Waals surface area contributed by atoms with Crippen molar-refractivity contribution >= 4 is 0 Å². The van der Waals surface area contributed by atoms with Crippen molar-refractivity contribution in [2.45, 2.75) is 34.6 Å². The molecule has 0 aliphatic carbocycles. The average Bonchev–Trinajstić information content (AvgIpc) is 2.24. The maximum atomic E-state index is 4.58. The Labute approximate surface area is 104 Å². The van der Waals surface area contributed by atoms with Crippen molar-refractivity contribution in [3.05, 3.63) is 52.2 Å². The van der Waals surface area contributed by atoms with Crippen LogP contribution in [0.5, 0.6) is 0 Å². The summed E-state index contributed by atoms with van der Waals surface area (Å²) in [5.41, 5.74) is 8.79. The third-order valence-electron chi connectivity index (χ3n) is 3.31. The molecule has 1 nitrogen and oxygen atoms in total. The molecule has 0 aliphatic rings. The normalized spacial score (nSPS) is 10.6. The second-order valence-corrected chi connectivity index (χ2v) is 4.93. The van der Waals surface area contributed by atoms with Crippen molar-refractivity contribution in [2.24, 2.45) is 0 Å². The molecule has 0 aliphatic heterocycles. The summed E-state index contributed by atoms with van der Waals surface area (Å²) in [4.78, 5) is 4.58. The lowest BCUT2D eigenvalue weighted by molar-refractivity contribution is 1.20. The maximum Gasteiger partial charge on any atom is 0.0734 e. The van der Waals surface area contributed by atoms with E-state index in [1.165, 1.54) is 33.4 Å². The molecule has 0 saturated carbocycles. The van der Waals surface area contributed by atoms with Crippen LogP contribution in [0.3, 0.4) is 0 Å². The summed E-state index contributed by atoms with van der Waals surface area (Å²) < 4.78 is 0. The van der Waals surface area contributed by atoms with Gasteiger partial charge in [-0.25, -0.2) is 0 Å². The molecule has 0 spiro atoms. The first kappa shape index (κ1) is 11.8. The second kappa shape index (κ2) is 4.33. The average molecular weight is 225 g/mol. The predicted octanol–water partition coefficient (Wildman–Crippen LogP) is 4.29. The summed E-state index contributed by atoms with van der Waals surface area (Å²) in [6.45, 7) is 10.7. The van der Waals surface area contributed by atoms with Gasteiger partial charge in [0, 0.05) is 11.8 Å². The Morgan fingerprint density at radius 1 is 0.706 bits per heavy atom. The lowest BCUT2D eigenvalue weighted by atomic mass is 9.96. The fourth-order valence-electron chi connectivity index (χ4n) is 2.21. The van der Waals surface area contributed by atoms with Crippen LogP contribution in [0.4, 0.5) is 0 Å². The highest BCUT2D eigenvalue weighted by molar-refractivity contribution is 5.68. The van der Waals surface area contributed by atoms with Gasteiger partial charge in [-0.1, -0.05) is 12.1 Å². The molecule has 17 heavy (non-hydrogen) atoms. The smallest absolute Gasteiger partial charge is 0.0734 e. The quantitative estimate of drug-likeness (QED) is 0.705. The molecule has 2 rings (SSSR count). The Kier molecular flexibility index (Phi) is 3.01. The van der Waals surface area contributed by atoms with Gasteiger partial charge in [0.25, 0.3) is 0 Å². The molecule has 0 saturated heterocycles. The van der Waals surface area contributed by atoms with Crippen molar-refractivity contribution in [3.8, 4) is 11.3 Å². The lowest BCUT2D eigenvalue weighted by Crippen LogP contribution is -1.94. The molecule has 0 N–H and O–H groups in total. The van der Waals surface area contributed by atoms with Crippen LogP contribution in [0.1, 0.15) is 27.8 Å². The molecule has 0 unspecified atom stereocenters. The summed E-state index contributed by atoms with van der Waals surface area (Å²) >= 11 is 0. The first-order chi connectivity index (χ1) is 7.99. The van der Waals surface area contributed by atoms with Crippen LogP contribution in [0.15, 0.2) is 24.4 Å². The van der Waals surface area contributed by atoms with Crippen LogP contribution in [0, 0.1) is 34.6 Å². The second-order valence-electron chi connectivity index (χ2n) is 4.93. The first-order valence-electron chi connectivity index (χ1n) is 6.00. The topological polar surface area (TPSA) is 12.9 Å². The minimum atomic E-state index is 1.11. The molecule has 1 aromatic heterocycles. The molecule has 0 amide bonds. The summed E-state index contributed by atoms with van der Waals surface area (Å²) in [6, 6.07) is 6.68. The van der Waals surface area contributed by atoms with E-state index in [1.54, 1.807) is 0 Å². The Morgan fingerprint density at radius 3 is 2.00 bits per heavy atom. The van der Waals surface area contributed by atoms with Gasteiger partial charge in [0.1, 0.15) is 0 Å². The van der Waals surface area contributed by atoms with Crippen molar-refractivity contribution < 1.29 is 0 Å². The number of aryl methyl sites for hydroxylation is 5. The lowest BCUT2D eigenvalue weighted by Gasteiger charge is -2.12. The summed E-state index contributed by atoms with van der Waals surface area (Å²) in [7, 11) is 0. The fraction of sp³-hybridized carbons (Fsp3) is 0.312. The molecule has 0 bridgehead atoms. The zero-order chi connectivity index (χ0) is 12.6. The zero-order valence-corrected chi connectivity index (χ0v) is 11.3. The molecule has 0 atom stereocenters. The van der Waals surface area contributed by atoms with E-state index in [9.17, 15) is 0 Å². The van der Waals surface area contributed by atoms with E-state index >= 15 is 0 Å². The number of rotatable bonds is 1. The number of nitrogens with zero attached hydrogens (tertiary/aromatic N) is 1. The van der Waals surface area contributed by atoms with Gasteiger partial charge in [0.15, 0.2) is 0 Å². The van der Waals surface area contributed by atoms with Gasteiger partial charge in [-0.15, -0.1) is 0 Å². The largest absolute Gasteiger partial charge is 0.256 e. The molecular weight excluding hydrogens is 206 g/mol. The Hall–Kier alpha value is -1.63. The number of hydrogen-bond donors (Lipinski definition) is 0. The molecule has 0 fully saturated rings. The summed E-state index contributed by atoms with van der Waals surface area (Å²) in [5, 5.41) is 0. The number of aromatic nitrogens is 1. The van der Waals surface area contributed by atoms with Gasteiger partial charge in [-0.3, -0.25) is 4.98 Å². The van der Waals surface area contributed by atoms with Gasteiger partial charge < -0.3 is 0 Å². The molecule has 2 aromatic rings. The summed E-state index contributed by atoms with van der Waals surface area (Å²) in [6.07, 6.45) is 1.94. The number of hydrogen-bond acceptors (Lipinski definition) is 1. The first-order valence-corrected chi connectivity index (χ1v) is 6.00. The van der Waals surface area contributed by atoms with E-state index in [2.05, 4.69) is 57.8 Å². The van der Waals surface area contributed by atoms with Crippen LogP contribution in [-0.2, 0) is 0 Å². The highest BCUT2D eigenvalue weighted by atomic mass is 14.7. The van der Waals surface area contributed by atoms with Crippen LogP contribution >= 0.6 is 0 Å². The highest BCUT2D eigenvalue weighted by Gasteiger charge is 2.08. The Balaban J connectivity index is 2.64. The molecule has 1 heterocycles. The SMILES string of the molecule is Cc1cnc(-c2cc(C)c(C)cc2C)c(C)c1. The van der Waals surface area contributed by atoms with Gasteiger partial charge in [0.05, 0.1) is 5.69 Å². The Bertz CT molecular complexity index is 568. The molecule has 88 valence electrons. The minimum absolute atomic E-state index is 1.11. The minimum Gasteiger partial charge on any atom is -0.256 e. The molecule has 1 heteroatoms. The van der Waals surface area contributed by atoms with Crippen molar-refractivity contribution in [3.63, 3.8) is 0 Å². The van der Waals surface area contributed by atoms with Crippen LogP contribution < -0.4 is 0 Å². The third-order valence-corrected chi connectivity index (χ3v) is 3.31. The number of pyridine rings is 1. The monoisotopic (exact) mass is 225 g/mol. The van der Waals surface area contributed by atoms with Gasteiger partial charge in [0.2, 0.25) is 0 Å². The zero-order valence-electron chi connectivity index (χ0n) is 11.3. The van der Waals surface area contributed by atoms with Crippen molar-refractivity contribution in [2.75, 3.05) is 0 Å². The maximum absolute atomic E-state index is 4.58. The Morgan fingerprint density at radius 2 is 1.35 bits per heavy atom. The van der Waals surface area contributed by atoms with Crippen LogP contribution in [0.25, 0.3) is 11.3 Å². The summed E-state index contributed by atoms with van der Waals surface area (Å²) in [5.74, 6) is 0. The highest BCUT2D eigenvalue weighted by Crippen LogP contribution is 2.27. The van der Waals surface area contributed by atoms with Crippen molar-refractivity contribution in [1.82, 2.24) is 4.98 Å². The van der Waals surface area contributed by atoms with Crippen molar-refractivity contribution in [1.29, 1.82) is 0 Å².